The molecule has 0 aliphatic carbocycles. The van der Waals surface area contributed by atoms with Gasteiger partial charge < -0.3 is 9.73 Å². The molecule has 0 atom stereocenters. The van der Waals surface area contributed by atoms with Crippen LogP contribution in [0, 0.1) is 6.92 Å². The lowest BCUT2D eigenvalue weighted by atomic mass is 10.0. The second kappa shape index (κ2) is 4.53. The summed E-state index contributed by atoms with van der Waals surface area (Å²) in [6.45, 7) is 9.56. The number of furan rings is 1. The van der Waals surface area contributed by atoms with Crippen LogP contribution in [-0.2, 0) is 6.54 Å². The van der Waals surface area contributed by atoms with Gasteiger partial charge in [0.05, 0.1) is 0 Å². The highest BCUT2D eigenvalue weighted by atomic mass is 16.3. The van der Waals surface area contributed by atoms with Gasteiger partial charge in [0.25, 0.3) is 0 Å². The molecule has 0 aliphatic heterocycles. The van der Waals surface area contributed by atoms with Crippen molar-refractivity contribution in [3.63, 3.8) is 0 Å². The van der Waals surface area contributed by atoms with E-state index in [0.717, 1.165) is 24.3 Å². The molecule has 2 heteroatoms. The van der Waals surface area contributed by atoms with E-state index >= 15 is 0 Å². The average molecular weight is 231 g/mol. The summed E-state index contributed by atoms with van der Waals surface area (Å²) in [5.41, 5.74) is 2.43. The summed E-state index contributed by atoms with van der Waals surface area (Å²) in [6.07, 6.45) is 1.11. The number of nitrogens with one attached hydrogen (secondary N) is 1. The first kappa shape index (κ1) is 12.2. The molecule has 0 saturated carbocycles. The minimum atomic E-state index is 0.171. The molecule has 1 aromatic heterocycles. The number of hydrogen-bond acceptors (Lipinski definition) is 2. The Morgan fingerprint density at radius 1 is 1.24 bits per heavy atom. The number of rotatable bonds is 4. The van der Waals surface area contributed by atoms with E-state index < -0.39 is 0 Å². The fraction of sp³-hybridized carbons (Fsp3) is 0.467. The molecule has 0 spiro atoms. The molecule has 0 saturated heterocycles. The fourth-order valence-electron chi connectivity index (χ4n) is 1.89. The smallest absolute Gasteiger partial charge is 0.134 e. The normalized spacial score (nSPS) is 12.2. The maximum Gasteiger partial charge on any atom is 0.134 e. The Morgan fingerprint density at radius 3 is 2.65 bits per heavy atom. The molecule has 1 aromatic carbocycles. The Morgan fingerprint density at radius 2 is 1.94 bits per heavy atom. The second-order valence-corrected chi connectivity index (χ2v) is 5.22. The topological polar surface area (TPSA) is 25.2 Å². The molecule has 1 N–H and O–H groups in total. The Hall–Kier alpha value is -1.28. The third-order valence-electron chi connectivity index (χ3n) is 3.53. The van der Waals surface area contributed by atoms with Crippen molar-refractivity contribution in [2.75, 3.05) is 0 Å². The van der Waals surface area contributed by atoms with Crippen LogP contribution in [-0.4, -0.2) is 5.54 Å². The van der Waals surface area contributed by atoms with E-state index in [4.69, 9.17) is 4.42 Å². The van der Waals surface area contributed by atoms with Crippen molar-refractivity contribution in [1.82, 2.24) is 5.32 Å². The SMILES string of the molecule is CCC(C)(C)NCc1c(C)oc2ccccc12. The number of para-hydroxylation sites is 1. The summed E-state index contributed by atoms with van der Waals surface area (Å²) in [5.74, 6) is 1.02. The standard InChI is InChI=1S/C15H21NO/c1-5-15(3,4)16-10-13-11(2)17-14-9-7-6-8-12(13)14/h6-9,16H,5,10H2,1-4H3. The second-order valence-electron chi connectivity index (χ2n) is 5.22. The van der Waals surface area contributed by atoms with Crippen LogP contribution in [0.15, 0.2) is 28.7 Å². The summed E-state index contributed by atoms with van der Waals surface area (Å²) in [7, 11) is 0. The third-order valence-corrected chi connectivity index (χ3v) is 3.53. The minimum absolute atomic E-state index is 0.171. The van der Waals surface area contributed by atoms with Crippen LogP contribution in [0.1, 0.15) is 38.5 Å². The van der Waals surface area contributed by atoms with Gasteiger partial charge in [0.1, 0.15) is 11.3 Å². The zero-order valence-electron chi connectivity index (χ0n) is 11.1. The van der Waals surface area contributed by atoms with Gasteiger partial charge in [-0.1, -0.05) is 25.1 Å². The highest BCUT2D eigenvalue weighted by molar-refractivity contribution is 5.82. The van der Waals surface area contributed by atoms with E-state index in [1.807, 2.05) is 19.1 Å². The number of hydrogen-bond donors (Lipinski definition) is 1. The lowest BCUT2D eigenvalue weighted by Crippen LogP contribution is -2.37. The molecule has 2 aromatic rings. The maximum atomic E-state index is 5.76. The van der Waals surface area contributed by atoms with E-state index in [9.17, 15) is 0 Å². The summed E-state index contributed by atoms with van der Waals surface area (Å²) in [4.78, 5) is 0. The molecule has 2 rings (SSSR count). The largest absolute Gasteiger partial charge is 0.461 e. The fourth-order valence-corrected chi connectivity index (χ4v) is 1.89. The molecular weight excluding hydrogens is 210 g/mol. The van der Waals surface area contributed by atoms with Crippen molar-refractivity contribution >= 4 is 11.0 Å². The molecule has 2 nitrogen and oxygen atoms in total. The maximum absolute atomic E-state index is 5.76. The quantitative estimate of drug-likeness (QED) is 0.859. The van der Waals surface area contributed by atoms with Crippen molar-refractivity contribution in [3.05, 3.63) is 35.6 Å². The van der Waals surface area contributed by atoms with Crippen molar-refractivity contribution in [2.24, 2.45) is 0 Å². The highest BCUT2D eigenvalue weighted by Gasteiger charge is 2.16. The lowest BCUT2D eigenvalue weighted by molar-refractivity contribution is 0.373. The predicted octanol–water partition coefficient (Wildman–Crippen LogP) is 4.02. The van der Waals surface area contributed by atoms with Crippen LogP contribution in [0.4, 0.5) is 0 Å². The summed E-state index contributed by atoms with van der Waals surface area (Å²) in [5, 5.41) is 4.81. The van der Waals surface area contributed by atoms with Gasteiger partial charge in [-0.2, -0.15) is 0 Å². The van der Waals surface area contributed by atoms with Crippen LogP contribution >= 0.6 is 0 Å². The van der Waals surface area contributed by atoms with Crippen molar-refractivity contribution < 1.29 is 4.42 Å². The minimum Gasteiger partial charge on any atom is -0.461 e. The summed E-state index contributed by atoms with van der Waals surface area (Å²) in [6, 6.07) is 8.23. The average Bonchev–Trinajstić information content (AvgIpc) is 2.62. The predicted molar refractivity (Wildman–Crippen MR) is 72.2 cm³/mol. The van der Waals surface area contributed by atoms with Crippen LogP contribution < -0.4 is 5.32 Å². The van der Waals surface area contributed by atoms with E-state index in [-0.39, 0.29) is 5.54 Å². The molecule has 0 radical (unpaired) electrons. The highest BCUT2D eigenvalue weighted by Crippen LogP contribution is 2.25. The molecule has 0 bridgehead atoms. The van der Waals surface area contributed by atoms with Gasteiger partial charge in [0, 0.05) is 23.0 Å². The van der Waals surface area contributed by atoms with Crippen molar-refractivity contribution in [1.29, 1.82) is 0 Å². The van der Waals surface area contributed by atoms with Crippen molar-refractivity contribution in [2.45, 2.75) is 46.2 Å². The first-order chi connectivity index (χ1) is 8.03. The molecule has 0 aliphatic rings. The zero-order chi connectivity index (χ0) is 12.5. The molecule has 17 heavy (non-hydrogen) atoms. The van der Waals surface area contributed by atoms with E-state index in [2.05, 4.69) is 38.2 Å². The Kier molecular flexibility index (Phi) is 3.25. The Labute approximate surface area is 103 Å². The van der Waals surface area contributed by atoms with Gasteiger partial charge in [0.15, 0.2) is 0 Å². The zero-order valence-corrected chi connectivity index (χ0v) is 11.1. The van der Waals surface area contributed by atoms with E-state index in [0.29, 0.717) is 0 Å². The van der Waals surface area contributed by atoms with Gasteiger partial charge in [-0.05, 0) is 33.3 Å². The molecule has 1 heterocycles. The molecule has 92 valence electrons. The number of benzene rings is 1. The number of fused-ring (bicyclic) bond motifs is 1. The van der Waals surface area contributed by atoms with Crippen LogP contribution in [0.25, 0.3) is 11.0 Å². The van der Waals surface area contributed by atoms with E-state index in [1.54, 1.807) is 0 Å². The lowest BCUT2D eigenvalue weighted by Gasteiger charge is -2.24. The van der Waals surface area contributed by atoms with Gasteiger partial charge in [-0.25, -0.2) is 0 Å². The summed E-state index contributed by atoms with van der Waals surface area (Å²) < 4.78 is 5.76. The molecular formula is C15H21NO. The first-order valence-electron chi connectivity index (χ1n) is 6.25. The van der Waals surface area contributed by atoms with Crippen LogP contribution in [0.3, 0.4) is 0 Å². The monoisotopic (exact) mass is 231 g/mol. The van der Waals surface area contributed by atoms with Gasteiger partial charge in [0.2, 0.25) is 0 Å². The van der Waals surface area contributed by atoms with Crippen molar-refractivity contribution in [3.8, 4) is 0 Å². The van der Waals surface area contributed by atoms with Crippen LogP contribution in [0.2, 0.25) is 0 Å². The Balaban J connectivity index is 2.27. The molecule has 0 fully saturated rings. The summed E-state index contributed by atoms with van der Waals surface area (Å²) >= 11 is 0. The third kappa shape index (κ3) is 2.52. The van der Waals surface area contributed by atoms with Gasteiger partial charge >= 0.3 is 0 Å². The van der Waals surface area contributed by atoms with Gasteiger partial charge in [-0.15, -0.1) is 0 Å². The Bertz CT molecular complexity index is 511. The molecule has 0 amide bonds. The molecule has 0 unspecified atom stereocenters. The number of aryl methyl sites for hydroxylation is 1. The van der Waals surface area contributed by atoms with Gasteiger partial charge in [-0.3, -0.25) is 0 Å². The first-order valence-corrected chi connectivity index (χ1v) is 6.25. The van der Waals surface area contributed by atoms with E-state index in [1.165, 1.54) is 10.9 Å². The van der Waals surface area contributed by atoms with Crippen LogP contribution in [0.5, 0.6) is 0 Å².